The van der Waals surface area contributed by atoms with Crippen LogP contribution in [0.1, 0.15) is 26.7 Å². The fourth-order valence-electron chi connectivity index (χ4n) is 0.323. The standard InChI is InChI=1S/C3H6N2.2C3H5N.ClH/c1-2-5-3-4-1;2*1-2-3-4;/h3H,1-2H2,(H,4,5);2*2H2,1H3;1H. The number of nitrogens with one attached hydrogen (secondary N) is 1. The smallest absolute Gasteiger partial charge is 0.0825 e. The Morgan fingerprint density at radius 2 is 1.71 bits per heavy atom. The lowest BCUT2D eigenvalue weighted by molar-refractivity contribution is 0.965. The van der Waals surface area contributed by atoms with E-state index in [-0.39, 0.29) is 12.4 Å². The van der Waals surface area contributed by atoms with Crippen LogP contribution in [0, 0.1) is 22.7 Å². The number of hydrogen-bond acceptors (Lipinski definition) is 4. The van der Waals surface area contributed by atoms with Crippen LogP contribution in [0.2, 0.25) is 0 Å². The van der Waals surface area contributed by atoms with Crippen molar-refractivity contribution in [3.63, 3.8) is 0 Å². The molecule has 1 aliphatic heterocycles. The van der Waals surface area contributed by atoms with Gasteiger partial charge in [0.25, 0.3) is 0 Å². The van der Waals surface area contributed by atoms with Crippen molar-refractivity contribution in [1.29, 1.82) is 10.5 Å². The predicted octanol–water partition coefficient (Wildman–Crippen LogP) is 1.88. The van der Waals surface area contributed by atoms with Crippen molar-refractivity contribution in [3.8, 4) is 12.1 Å². The van der Waals surface area contributed by atoms with Gasteiger partial charge in [0.05, 0.1) is 25.0 Å². The molecule has 0 aliphatic carbocycles. The second kappa shape index (κ2) is 22.6. The molecule has 0 unspecified atom stereocenters. The molecule has 1 aliphatic rings. The highest BCUT2D eigenvalue weighted by Crippen LogP contribution is 1.68. The fraction of sp³-hybridized carbons (Fsp3) is 0.667. The van der Waals surface area contributed by atoms with E-state index in [1.807, 2.05) is 26.0 Å². The van der Waals surface area contributed by atoms with Crippen molar-refractivity contribution in [2.45, 2.75) is 26.7 Å². The molecule has 0 saturated heterocycles. The van der Waals surface area contributed by atoms with E-state index < -0.39 is 0 Å². The van der Waals surface area contributed by atoms with Crippen LogP contribution in [-0.4, -0.2) is 19.4 Å². The Bertz CT molecular complexity index is 170. The third kappa shape index (κ3) is 30.9. The molecular weight excluding hydrogens is 200 g/mol. The summed E-state index contributed by atoms with van der Waals surface area (Å²) in [5, 5.41) is 18.2. The summed E-state index contributed by atoms with van der Waals surface area (Å²) in [5.41, 5.74) is 0. The minimum absolute atomic E-state index is 0. The summed E-state index contributed by atoms with van der Waals surface area (Å²) in [6, 6.07) is 3.86. The van der Waals surface area contributed by atoms with E-state index in [9.17, 15) is 0 Å². The van der Waals surface area contributed by atoms with Crippen LogP contribution in [0.3, 0.4) is 0 Å². The zero-order valence-corrected chi connectivity index (χ0v) is 9.47. The molecule has 0 saturated carbocycles. The molecule has 0 aromatic carbocycles. The Labute approximate surface area is 92.0 Å². The summed E-state index contributed by atoms with van der Waals surface area (Å²) < 4.78 is 0. The Kier molecular flexibility index (Phi) is 29.9. The maximum absolute atomic E-state index is 7.62. The van der Waals surface area contributed by atoms with Gasteiger partial charge in [0.2, 0.25) is 0 Å². The highest BCUT2D eigenvalue weighted by molar-refractivity contribution is 5.85. The average Bonchev–Trinajstić information content (AvgIpc) is 2.76. The van der Waals surface area contributed by atoms with Gasteiger partial charge >= 0.3 is 0 Å². The molecule has 0 aromatic rings. The minimum atomic E-state index is 0. The van der Waals surface area contributed by atoms with Crippen molar-refractivity contribution >= 4 is 18.7 Å². The first-order valence-corrected chi connectivity index (χ1v) is 4.29. The second-order valence-corrected chi connectivity index (χ2v) is 2.01. The fourth-order valence-corrected chi connectivity index (χ4v) is 0.323. The average molecular weight is 217 g/mol. The molecule has 0 fully saturated rings. The SMILES string of the molecule is C1=NCCN1.CCC#N.CCC#N.Cl. The molecular formula is C9H17ClN4. The summed E-state index contributed by atoms with van der Waals surface area (Å²) in [4.78, 5) is 3.85. The van der Waals surface area contributed by atoms with E-state index in [1.165, 1.54) is 0 Å². The van der Waals surface area contributed by atoms with Crippen molar-refractivity contribution < 1.29 is 0 Å². The number of nitriles is 2. The number of nitrogens with zero attached hydrogens (tertiary/aromatic N) is 3. The predicted molar refractivity (Wildman–Crippen MR) is 60.4 cm³/mol. The maximum atomic E-state index is 7.62. The quantitative estimate of drug-likeness (QED) is 0.672. The van der Waals surface area contributed by atoms with Gasteiger partial charge in [-0.1, -0.05) is 13.8 Å². The summed E-state index contributed by atoms with van der Waals surface area (Å²) in [7, 11) is 0. The molecule has 5 heteroatoms. The van der Waals surface area contributed by atoms with Crippen molar-refractivity contribution in [2.75, 3.05) is 13.1 Å². The number of rotatable bonds is 0. The van der Waals surface area contributed by atoms with E-state index in [2.05, 4.69) is 10.3 Å². The monoisotopic (exact) mass is 216 g/mol. The van der Waals surface area contributed by atoms with Gasteiger partial charge in [-0.25, -0.2) is 0 Å². The van der Waals surface area contributed by atoms with E-state index in [1.54, 1.807) is 6.34 Å². The highest BCUT2D eigenvalue weighted by atomic mass is 35.5. The third-order valence-electron chi connectivity index (χ3n) is 0.884. The summed E-state index contributed by atoms with van der Waals surface area (Å²) in [6.07, 6.45) is 2.99. The van der Waals surface area contributed by atoms with Gasteiger partial charge in [-0.15, -0.1) is 12.4 Å². The topological polar surface area (TPSA) is 72.0 Å². The van der Waals surface area contributed by atoms with Crippen LogP contribution in [0.15, 0.2) is 4.99 Å². The first-order chi connectivity index (χ1) is 6.33. The Morgan fingerprint density at radius 3 is 1.79 bits per heavy atom. The van der Waals surface area contributed by atoms with Gasteiger partial charge in [-0.05, 0) is 0 Å². The second-order valence-electron chi connectivity index (χ2n) is 2.01. The van der Waals surface area contributed by atoms with Crippen LogP contribution in [0.4, 0.5) is 0 Å². The lowest BCUT2D eigenvalue weighted by Crippen LogP contribution is -2.04. The zero-order valence-electron chi connectivity index (χ0n) is 8.66. The van der Waals surface area contributed by atoms with Gasteiger partial charge in [0.1, 0.15) is 0 Å². The molecule has 0 amide bonds. The number of halogens is 1. The van der Waals surface area contributed by atoms with E-state index in [0.29, 0.717) is 12.8 Å². The van der Waals surface area contributed by atoms with Gasteiger partial charge in [0.15, 0.2) is 0 Å². The molecule has 1 heterocycles. The van der Waals surface area contributed by atoms with Gasteiger partial charge in [-0.2, -0.15) is 10.5 Å². The van der Waals surface area contributed by atoms with E-state index in [0.717, 1.165) is 13.1 Å². The normalized spacial score (nSPS) is 9.71. The number of hydrogen-bond donors (Lipinski definition) is 1. The van der Waals surface area contributed by atoms with Gasteiger partial charge in [-0.3, -0.25) is 4.99 Å². The molecule has 4 nitrogen and oxygen atoms in total. The maximum Gasteiger partial charge on any atom is 0.0825 e. The van der Waals surface area contributed by atoms with Crippen molar-refractivity contribution in [1.82, 2.24) is 5.32 Å². The van der Waals surface area contributed by atoms with Gasteiger partial charge < -0.3 is 5.32 Å². The Balaban J connectivity index is -0.000000127. The summed E-state index contributed by atoms with van der Waals surface area (Å²) in [5.74, 6) is 0. The molecule has 1 rings (SSSR count). The Hall–Kier alpha value is -1.26. The Morgan fingerprint density at radius 1 is 1.29 bits per heavy atom. The lowest BCUT2D eigenvalue weighted by atomic mass is 10.6. The molecule has 1 N–H and O–H groups in total. The van der Waals surface area contributed by atoms with E-state index in [4.69, 9.17) is 10.5 Å². The first-order valence-electron chi connectivity index (χ1n) is 4.29. The van der Waals surface area contributed by atoms with Crippen LogP contribution in [0.5, 0.6) is 0 Å². The molecule has 0 spiro atoms. The van der Waals surface area contributed by atoms with Crippen LogP contribution >= 0.6 is 12.4 Å². The van der Waals surface area contributed by atoms with Crippen molar-refractivity contribution in [2.24, 2.45) is 4.99 Å². The summed E-state index contributed by atoms with van der Waals surface area (Å²) in [6.45, 7) is 5.62. The molecule has 0 radical (unpaired) electrons. The number of aliphatic imine (C=N–C) groups is 1. The van der Waals surface area contributed by atoms with E-state index >= 15 is 0 Å². The van der Waals surface area contributed by atoms with Gasteiger partial charge in [0, 0.05) is 19.4 Å². The molecule has 14 heavy (non-hydrogen) atoms. The minimum Gasteiger partial charge on any atom is -0.375 e. The molecule has 0 aromatic heterocycles. The molecule has 0 bridgehead atoms. The zero-order chi connectivity index (χ0) is 10.4. The summed E-state index contributed by atoms with van der Waals surface area (Å²) >= 11 is 0. The molecule has 0 atom stereocenters. The van der Waals surface area contributed by atoms with Crippen LogP contribution < -0.4 is 5.32 Å². The highest BCUT2D eigenvalue weighted by Gasteiger charge is 1.82. The largest absolute Gasteiger partial charge is 0.375 e. The van der Waals surface area contributed by atoms with Crippen molar-refractivity contribution in [3.05, 3.63) is 0 Å². The van der Waals surface area contributed by atoms with Crippen LogP contribution in [0.25, 0.3) is 0 Å². The first kappa shape index (κ1) is 18.5. The lowest BCUT2D eigenvalue weighted by Gasteiger charge is -1.75. The van der Waals surface area contributed by atoms with Crippen LogP contribution in [-0.2, 0) is 0 Å². The molecule has 80 valence electrons. The third-order valence-corrected chi connectivity index (χ3v) is 0.884.